The molecule has 2 rings (SSSR count). The molecule has 0 amide bonds. The van der Waals surface area contributed by atoms with Crippen LogP contribution in [0.1, 0.15) is 5.69 Å². The Morgan fingerprint density at radius 3 is 2.79 bits per heavy atom. The van der Waals surface area contributed by atoms with Crippen molar-refractivity contribution in [3.63, 3.8) is 0 Å². The third-order valence-corrected chi connectivity index (χ3v) is 2.22. The Hall–Kier alpha value is -1.68. The first-order valence-corrected chi connectivity index (χ1v) is 4.45. The number of phenols is 1. The van der Waals surface area contributed by atoms with E-state index >= 15 is 0 Å². The SMILES string of the molecule is NCCc1[nH]c2ccc(O)cc2c1O. The molecule has 4 nitrogen and oxygen atoms in total. The number of hydrogen-bond donors (Lipinski definition) is 4. The smallest absolute Gasteiger partial charge is 0.144 e. The highest BCUT2D eigenvalue weighted by Crippen LogP contribution is 2.31. The molecule has 0 atom stereocenters. The Morgan fingerprint density at radius 1 is 1.29 bits per heavy atom. The van der Waals surface area contributed by atoms with Gasteiger partial charge in [-0.25, -0.2) is 0 Å². The lowest BCUT2D eigenvalue weighted by Gasteiger charge is -1.94. The van der Waals surface area contributed by atoms with Crippen LogP contribution >= 0.6 is 0 Å². The van der Waals surface area contributed by atoms with Gasteiger partial charge in [0.15, 0.2) is 0 Å². The highest BCUT2D eigenvalue weighted by molar-refractivity contribution is 5.88. The Labute approximate surface area is 81.0 Å². The second-order valence-electron chi connectivity index (χ2n) is 3.22. The average Bonchev–Trinajstić information content (AvgIpc) is 2.46. The largest absolute Gasteiger partial charge is 0.508 e. The zero-order chi connectivity index (χ0) is 10.1. The Bertz CT molecular complexity index is 462. The van der Waals surface area contributed by atoms with E-state index in [2.05, 4.69) is 4.98 Å². The first kappa shape index (κ1) is 8.90. The van der Waals surface area contributed by atoms with Crippen LogP contribution in [0, 0.1) is 0 Å². The molecule has 4 heteroatoms. The number of nitrogens with one attached hydrogen (secondary N) is 1. The minimum atomic E-state index is 0.145. The molecule has 0 radical (unpaired) electrons. The van der Waals surface area contributed by atoms with Crippen molar-refractivity contribution in [1.82, 2.24) is 4.98 Å². The normalized spacial score (nSPS) is 10.9. The molecule has 0 spiro atoms. The summed E-state index contributed by atoms with van der Waals surface area (Å²) in [7, 11) is 0. The van der Waals surface area contributed by atoms with Gasteiger partial charge in [0.25, 0.3) is 0 Å². The molecule has 2 aromatic rings. The summed E-state index contributed by atoms with van der Waals surface area (Å²) in [5.41, 5.74) is 6.93. The van der Waals surface area contributed by atoms with Gasteiger partial charge in [0, 0.05) is 17.3 Å². The monoisotopic (exact) mass is 192 g/mol. The van der Waals surface area contributed by atoms with Crippen LogP contribution in [0.25, 0.3) is 10.9 Å². The quantitative estimate of drug-likeness (QED) is 0.574. The molecule has 5 N–H and O–H groups in total. The van der Waals surface area contributed by atoms with Crippen LogP contribution < -0.4 is 5.73 Å². The summed E-state index contributed by atoms with van der Waals surface area (Å²) in [5, 5.41) is 19.6. The van der Waals surface area contributed by atoms with Gasteiger partial charge in [0.05, 0.1) is 5.69 Å². The summed E-state index contributed by atoms with van der Waals surface area (Å²) in [6.45, 7) is 0.479. The molecule has 0 fully saturated rings. The van der Waals surface area contributed by atoms with Crippen molar-refractivity contribution in [2.24, 2.45) is 5.73 Å². The van der Waals surface area contributed by atoms with Crippen LogP contribution in [-0.2, 0) is 6.42 Å². The van der Waals surface area contributed by atoms with Gasteiger partial charge in [-0.1, -0.05) is 0 Å². The summed E-state index contributed by atoms with van der Waals surface area (Å²) in [6.07, 6.45) is 0.598. The maximum absolute atomic E-state index is 9.75. The number of phenolic OH excluding ortho intramolecular Hbond substituents is 1. The van der Waals surface area contributed by atoms with E-state index in [0.717, 1.165) is 5.52 Å². The first-order chi connectivity index (χ1) is 6.72. The molecule has 1 aromatic heterocycles. The lowest BCUT2D eigenvalue weighted by Crippen LogP contribution is -2.02. The third kappa shape index (κ3) is 1.29. The zero-order valence-corrected chi connectivity index (χ0v) is 7.62. The van der Waals surface area contributed by atoms with E-state index in [1.165, 1.54) is 6.07 Å². The molecular weight excluding hydrogens is 180 g/mol. The number of H-pyrrole nitrogens is 1. The number of hydrogen-bond acceptors (Lipinski definition) is 3. The summed E-state index contributed by atoms with van der Waals surface area (Å²) >= 11 is 0. The molecule has 0 unspecified atom stereocenters. The minimum Gasteiger partial charge on any atom is -0.508 e. The van der Waals surface area contributed by atoms with Crippen LogP contribution in [0.15, 0.2) is 18.2 Å². The van der Waals surface area contributed by atoms with Gasteiger partial charge in [-0.2, -0.15) is 0 Å². The molecule has 0 saturated heterocycles. The van der Waals surface area contributed by atoms with Gasteiger partial charge < -0.3 is 20.9 Å². The minimum absolute atomic E-state index is 0.145. The van der Waals surface area contributed by atoms with E-state index in [1.807, 2.05) is 0 Å². The number of nitrogens with two attached hydrogens (primary N) is 1. The average molecular weight is 192 g/mol. The Balaban J connectivity index is 2.62. The van der Waals surface area contributed by atoms with Crippen molar-refractivity contribution in [3.8, 4) is 11.5 Å². The number of aromatic nitrogens is 1. The summed E-state index contributed by atoms with van der Waals surface area (Å²) in [5.74, 6) is 0.326. The van der Waals surface area contributed by atoms with E-state index in [-0.39, 0.29) is 11.5 Å². The van der Waals surface area contributed by atoms with E-state index in [9.17, 15) is 10.2 Å². The topological polar surface area (TPSA) is 82.3 Å². The van der Waals surface area contributed by atoms with Crippen molar-refractivity contribution >= 4 is 10.9 Å². The third-order valence-electron chi connectivity index (χ3n) is 2.22. The Kier molecular flexibility index (Phi) is 2.05. The molecule has 0 aliphatic heterocycles. The second kappa shape index (κ2) is 3.23. The number of fused-ring (bicyclic) bond motifs is 1. The summed E-state index contributed by atoms with van der Waals surface area (Å²) < 4.78 is 0. The van der Waals surface area contributed by atoms with E-state index < -0.39 is 0 Å². The van der Waals surface area contributed by atoms with Gasteiger partial charge in [0.2, 0.25) is 0 Å². The number of rotatable bonds is 2. The fraction of sp³-hybridized carbons (Fsp3) is 0.200. The Morgan fingerprint density at radius 2 is 2.07 bits per heavy atom. The van der Waals surface area contributed by atoms with Crippen LogP contribution in [0.5, 0.6) is 11.5 Å². The van der Waals surface area contributed by atoms with Crippen molar-refractivity contribution in [2.45, 2.75) is 6.42 Å². The maximum atomic E-state index is 9.75. The number of aromatic amines is 1. The second-order valence-corrected chi connectivity index (χ2v) is 3.22. The maximum Gasteiger partial charge on any atom is 0.144 e. The lowest BCUT2D eigenvalue weighted by molar-refractivity contribution is 0.469. The first-order valence-electron chi connectivity index (χ1n) is 4.45. The van der Waals surface area contributed by atoms with Crippen molar-refractivity contribution in [2.75, 3.05) is 6.54 Å². The van der Waals surface area contributed by atoms with Gasteiger partial charge >= 0.3 is 0 Å². The van der Waals surface area contributed by atoms with Crippen molar-refractivity contribution in [1.29, 1.82) is 0 Å². The predicted octanol–water partition coefficient (Wildman–Crippen LogP) is 1.08. The molecule has 14 heavy (non-hydrogen) atoms. The van der Waals surface area contributed by atoms with Crippen molar-refractivity contribution < 1.29 is 10.2 Å². The fourth-order valence-corrected chi connectivity index (χ4v) is 1.55. The highest BCUT2D eigenvalue weighted by Gasteiger charge is 2.09. The number of aromatic hydroxyl groups is 2. The van der Waals surface area contributed by atoms with E-state index in [1.54, 1.807) is 12.1 Å². The summed E-state index contributed by atoms with van der Waals surface area (Å²) in [6, 6.07) is 4.83. The van der Waals surface area contributed by atoms with E-state index in [4.69, 9.17) is 5.73 Å². The van der Waals surface area contributed by atoms with Crippen molar-refractivity contribution in [3.05, 3.63) is 23.9 Å². The van der Waals surface area contributed by atoms with E-state index in [0.29, 0.717) is 24.0 Å². The summed E-state index contributed by atoms with van der Waals surface area (Å²) in [4.78, 5) is 3.05. The van der Waals surface area contributed by atoms with Gasteiger partial charge in [-0.05, 0) is 24.7 Å². The van der Waals surface area contributed by atoms with Gasteiger partial charge in [-0.3, -0.25) is 0 Å². The number of benzene rings is 1. The zero-order valence-electron chi connectivity index (χ0n) is 7.62. The highest BCUT2D eigenvalue weighted by atomic mass is 16.3. The van der Waals surface area contributed by atoms with Crippen LogP contribution in [0.3, 0.4) is 0 Å². The fourth-order valence-electron chi connectivity index (χ4n) is 1.55. The molecule has 0 aliphatic rings. The molecule has 0 bridgehead atoms. The molecule has 0 saturated carbocycles. The molecular formula is C10H12N2O2. The molecule has 1 aromatic carbocycles. The molecule has 0 aliphatic carbocycles. The molecule has 1 heterocycles. The van der Waals surface area contributed by atoms with Gasteiger partial charge in [-0.15, -0.1) is 0 Å². The molecule has 74 valence electrons. The standard InChI is InChI=1S/C10H12N2O2/c11-4-3-9-10(14)7-5-6(13)1-2-8(7)12-9/h1-2,5,12-14H,3-4,11H2. The van der Waals surface area contributed by atoms with Gasteiger partial charge in [0.1, 0.15) is 11.5 Å². The van der Waals surface area contributed by atoms with Crippen LogP contribution in [-0.4, -0.2) is 21.7 Å². The van der Waals surface area contributed by atoms with Crippen LogP contribution in [0.4, 0.5) is 0 Å². The van der Waals surface area contributed by atoms with Crippen LogP contribution in [0.2, 0.25) is 0 Å². The predicted molar refractivity (Wildman–Crippen MR) is 54.4 cm³/mol. The lowest BCUT2D eigenvalue weighted by atomic mass is 10.2.